The normalized spacial score (nSPS) is 37.5. The highest BCUT2D eigenvalue weighted by atomic mass is 16.6. The van der Waals surface area contributed by atoms with Crippen molar-refractivity contribution in [1.29, 1.82) is 0 Å². The molecule has 0 bridgehead atoms. The van der Waals surface area contributed by atoms with Gasteiger partial charge in [-0.2, -0.15) is 0 Å². The molecule has 0 spiro atoms. The largest absolute Gasteiger partial charge is 0.505 e. The number of hydrogen-bond acceptors (Lipinski definition) is 12. The number of rotatable bonds is 3. The SMILES string of the molecule is N[C@@H]1[C@@H](O)[C@H](O)[C@@H](CO)O[C@H]1O.O=C1O[C@H]([C@H](O)CO)C(O)=C1O. The molecular weight excluding hydrogens is 334 g/mol. The standard InChI is InChI=1S/C6H13NO5.C6H8O6/c7-3-5(10)4(9)2(1-8)12-6(3)11;7-1-2(8)5-3(9)4(10)6(11)12-5/h2-6,8-11H,1,7H2;2,5,7-10H,1H2/t2-,3-,4-,5-,6-;2-,5-/m11/s1. The number of hydrogen-bond donors (Lipinski definition) is 9. The van der Waals surface area contributed by atoms with Crippen LogP contribution in [0, 0.1) is 0 Å². The summed E-state index contributed by atoms with van der Waals surface area (Å²) < 4.78 is 9.02. The van der Waals surface area contributed by atoms with E-state index in [0.29, 0.717) is 0 Å². The molecule has 24 heavy (non-hydrogen) atoms. The van der Waals surface area contributed by atoms with E-state index in [9.17, 15) is 15.0 Å². The van der Waals surface area contributed by atoms with E-state index in [1.54, 1.807) is 0 Å². The minimum Gasteiger partial charge on any atom is -0.505 e. The molecule has 140 valence electrons. The van der Waals surface area contributed by atoms with Gasteiger partial charge in [-0.25, -0.2) is 4.79 Å². The second-order valence-electron chi connectivity index (χ2n) is 5.12. The van der Waals surface area contributed by atoms with Crippen LogP contribution < -0.4 is 5.73 Å². The molecule has 0 unspecified atom stereocenters. The number of aliphatic hydroxyl groups excluding tert-OH is 8. The van der Waals surface area contributed by atoms with Gasteiger partial charge >= 0.3 is 5.97 Å². The Hall–Kier alpha value is -1.51. The van der Waals surface area contributed by atoms with Gasteiger partial charge in [-0.05, 0) is 0 Å². The van der Waals surface area contributed by atoms with E-state index in [4.69, 9.17) is 41.1 Å². The third-order valence-corrected chi connectivity index (χ3v) is 3.42. The Morgan fingerprint density at radius 3 is 2.12 bits per heavy atom. The van der Waals surface area contributed by atoms with E-state index in [1.165, 1.54) is 0 Å². The fraction of sp³-hybridized carbons (Fsp3) is 0.750. The van der Waals surface area contributed by atoms with Crippen LogP contribution in [0.3, 0.4) is 0 Å². The van der Waals surface area contributed by atoms with Gasteiger partial charge in [-0.15, -0.1) is 0 Å². The first-order valence-electron chi connectivity index (χ1n) is 6.83. The summed E-state index contributed by atoms with van der Waals surface area (Å²) in [6.45, 7) is -1.14. The lowest BCUT2D eigenvalue weighted by molar-refractivity contribution is -0.248. The summed E-state index contributed by atoms with van der Waals surface area (Å²) in [5, 5.41) is 71.1. The molecule has 2 aliphatic rings. The number of carbonyl (C=O) groups is 1. The molecule has 0 aromatic heterocycles. The second kappa shape index (κ2) is 8.55. The maximum absolute atomic E-state index is 10.5. The molecule has 0 aromatic carbocycles. The molecule has 2 heterocycles. The Labute approximate surface area is 135 Å². The molecular formula is C12H21NO11. The molecule has 1 saturated heterocycles. The van der Waals surface area contributed by atoms with Gasteiger partial charge in [0.1, 0.15) is 24.4 Å². The zero-order chi connectivity index (χ0) is 18.6. The fourth-order valence-corrected chi connectivity index (χ4v) is 1.94. The van der Waals surface area contributed by atoms with Crippen molar-refractivity contribution in [2.24, 2.45) is 5.73 Å². The van der Waals surface area contributed by atoms with E-state index >= 15 is 0 Å². The van der Waals surface area contributed by atoms with Crippen LogP contribution in [0.4, 0.5) is 0 Å². The topological polar surface area (TPSA) is 223 Å². The summed E-state index contributed by atoms with van der Waals surface area (Å²) in [6.07, 6.45) is -7.63. The molecule has 10 N–H and O–H groups in total. The van der Waals surface area contributed by atoms with E-state index in [-0.39, 0.29) is 0 Å². The quantitative estimate of drug-likeness (QED) is 0.218. The second-order valence-corrected chi connectivity index (χ2v) is 5.12. The third-order valence-electron chi connectivity index (χ3n) is 3.42. The minimum absolute atomic E-state index is 0.470. The molecule has 0 aromatic rings. The van der Waals surface area contributed by atoms with E-state index < -0.39 is 73.6 Å². The van der Waals surface area contributed by atoms with Gasteiger partial charge < -0.3 is 56.1 Å². The van der Waals surface area contributed by atoms with Gasteiger partial charge in [0.25, 0.3) is 0 Å². The van der Waals surface area contributed by atoms with Crippen molar-refractivity contribution in [3.63, 3.8) is 0 Å². The first-order chi connectivity index (χ1) is 11.1. The molecule has 0 radical (unpaired) electrons. The predicted molar refractivity (Wildman–Crippen MR) is 73.2 cm³/mol. The number of esters is 1. The first-order valence-corrected chi connectivity index (χ1v) is 6.83. The summed E-state index contributed by atoms with van der Waals surface area (Å²) >= 11 is 0. The van der Waals surface area contributed by atoms with E-state index in [0.717, 1.165) is 0 Å². The highest BCUT2D eigenvalue weighted by Gasteiger charge is 2.41. The van der Waals surface area contributed by atoms with Crippen LogP contribution >= 0.6 is 0 Å². The molecule has 0 saturated carbocycles. The summed E-state index contributed by atoms with van der Waals surface area (Å²) in [5.41, 5.74) is 5.26. The Balaban J connectivity index is 0.000000240. The molecule has 12 nitrogen and oxygen atoms in total. The van der Waals surface area contributed by atoms with E-state index in [2.05, 4.69) is 4.74 Å². The maximum atomic E-state index is 10.5. The Kier molecular flexibility index (Phi) is 7.31. The molecule has 0 amide bonds. The van der Waals surface area contributed by atoms with Crippen LogP contribution in [0.2, 0.25) is 0 Å². The van der Waals surface area contributed by atoms with Crippen LogP contribution in [0.15, 0.2) is 11.5 Å². The fourth-order valence-electron chi connectivity index (χ4n) is 1.94. The molecule has 7 atom stereocenters. The van der Waals surface area contributed by atoms with Gasteiger partial charge in [0.15, 0.2) is 18.2 Å². The Morgan fingerprint density at radius 1 is 1.12 bits per heavy atom. The maximum Gasteiger partial charge on any atom is 0.377 e. The number of ether oxygens (including phenoxy) is 2. The molecule has 2 aliphatic heterocycles. The van der Waals surface area contributed by atoms with Crippen molar-refractivity contribution < 1.29 is 55.1 Å². The smallest absolute Gasteiger partial charge is 0.377 e. The van der Waals surface area contributed by atoms with Crippen molar-refractivity contribution in [1.82, 2.24) is 0 Å². The molecule has 1 fully saturated rings. The first kappa shape index (κ1) is 20.5. The molecule has 12 heteroatoms. The van der Waals surface area contributed by atoms with Crippen molar-refractivity contribution in [3.05, 3.63) is 11.5 Å². The number of carbonyl (C=O) groups excluding carboxylic acids is 1. The average molecular weight is 355 g/mol. The summed E-state index contributed by atoms with van der Waals surface area (Å²) in [7, 11) is 0. The van der Waals surface area contributed by atoms with Gasteiger partial charge in [0, 0.05) is 0 Å². The van der Waals surface area contributed by atoms with Crippen LogP contribution in [-0.2, 0) is 14.3 Å². The van der Waals surface area contributed by atoms with Crippen molar-refractivity contribution in [2.45, 2.75) is 42.9 Å². The zero-order valence-corrected chi connectivity index (χ0v) is 12.3. The molecule has 0 aliphatic carbocycles. The van der Waals surface area contributed by atoms with Gasteiger partial charge in [-0.3, -0.25) is 0 Å². The van der Waals surface area contributed by atoms with Crippen LogP contribution in [0.25, 0.3) is 0 Å². The number of nitrogens with two attached hydrogens (primary N) is 1. The molecule has 2 rings (SSSR count). The number of aliphatic hydroxyl groups is 8. The van der Waals surface area contributed by atoms with Crippen molar-refractivity contribution in [3.8, 4) is 0 Å². The van der Waals surface area contributed by atoms with Crippen LogP contribution in [-0.4, -0.2) is 103 Å². The van der Waals surface area contributed by atoms with Gasteiger partial charge in [0.05, 0.1) is 19.3 Å². The summed E-state index contributed by atoms with van der Waals surface area (Å²) in [4.78, 5) is 10.5. The monoisotopic (exact) mass is 355 g/mol. The summed E-state index contributed by atoms with van der Waals surface area (Å²) in [5.74, 6) is -2.78. The third kappa shape index (κ3) is 4.31. The Bertz CT molecular complexity index is 465. The van der Waals surface area contributed by atoms with Crippen LogP contribution in [0.1, 0.15) is 0 Å². The zero-order valence-electron chi connectivity index (χ0n) is 12.3. The van der Waals surface area contributed by atoms with E-state index in [1.807, 2.05) is 0 Å². The van der Waals surface area contributed by atoms with Crippen molar-refractivity contribution in [2.75, 3.05) is 13.2 Å². The number of cyclic esters (lactones) is 1. The average Bonchev–Trinajstić information content (AvgIpc) is 2.83. The highest BCUT2D eigenvalue weighted by Crippen LogP contribution is 2.21. The summed E-state index contributed by atoms with van der Waals surface area (Å²) in [6, 6.07) is -1.04. The minimum atomic E-state index is -1.42. The lowest BCUT2D eigenvalue weighted by atomic mass is 9.98. The lowest BCUT2D eigenvalue weighted by Gasteiger charge is -2.38. The predicted octanol–water partition coefficient (Wildman–Crippen LogP) is -4.66. The highest BCUT2D eigenvalue weighted by molar-refractivity contribution is 5.89. The van der Waals surface area contributed by atoms with Crippen molar-refractivity contribution >= 4 is 5.97 Å². The Morgan fingerprint density at radius 2 is 1.71 bits per heavy atom. The lowest BCUT2D eigenvalue weighted by Crippen LogP contribution is -2.61. The van der Waals surface area contributed by atoms with Gasteiger partial charge in [0.2, 0.25) is 5.76 Å². The van der Waals surface area contributed by atoms with Crippen LogP contribution in [0.5, 0.6) is 0 Å². The van der Waals surface area contributed by atoms with Gasteiger partial charge in [-0.1, -0.05) is 0 Å².